The lowest BCUT2D eigenvalue weighted by molar-refractivity contribution is 0.0110. The van der Waals surface area contributed by atoms with Crippen molar-refractivity contribution in [2.24, 2.45) is 0 Å². The van der Waals surface area contributed by atoms with Gasteiger partial charge in [0.15, 0.2) is 5.15 Å². The van der Waals surface area contributed by atoms with Crippen LogP contribution in [0.25, 0.3) is 11.1 Å². The second-order valence-electron chi connectivity index (χ2n) is 7.52. The number of rotatable bonds is 7. The van der Waals surface area contributed by atoms with E-state index in [9.17, 15) is 15.0 Å². The molecule has 2 aromatic carbocycles. The summed E-state index contributed by atoms with van der Waals surface area (Å²) in [6, 6.07) is 16.2. The number of carbonyl (C=O) groups excluding carboxylic acids is 1. The molecule has 0 aliphatic heterocycles. The lowest BCUT2D eigenvalue weighted by Crippen LogP contribution is -2.31. The predicted octanol–water partition coefficient (Wildman–Crippen LogP) is 3.04. The maximum atomic E-state index is 12.2. The fourth-order valence-electron chi connectivity index (χ4n) is 3.90. The maximum Gasteiger partial charge on any atom is 0.407 e. The molecule has 2 unspecified atom stereocenters. The summed E-state index contributed by atoms with van der Waals surface area (Å²) in [4.78, 5) is 19.9. The number of ether oxygens (including phenoxy) is 1. The van der Waals surface area contributed by atoms with E-state index in [0.29, 0.717) is 0 Å². The third-order valence-electron chi connectivity index (χ3n) is 5.47. The summed E-state index contributed by atoms with van der Waals surface area (Å²) in [6.45, 7) is 0.288. The number of nitrogens with one attached hydrogen (secondary N) is 1. The van der Waals surface area contributed by atoms with Gasteiger partial charge in [0, 0.05) is 12.5 Å². The monoisotopic (exact) mass is 454 g/mol. The molecule has 3 aromatic rings. The van der Waals surface area contributed by atoms with Gasteiger partial charge in [0.2, 0.25) is 0 Å². The average Bonchev–Trinajstić information content (AvgIpc) is 3.11. The molecule has 0 bridgehead atoms. The van der Waals surface area contributed by atoms with Crippen LogP contribution in [-0.2, 0) is 4.74 Å². The quantitative estimate of drug-likeness (QED) is 0.431. The summed E-state index contributed by atoms with van der Waals surface area (Å²) >= 11 is 5.91. The minimum atomic E-state index is -1.36. The number of hydrogen-bond donors (Lipinski definition) is 4. The Morgan fingerprint density at radius 2 is 1.75 bits per heavy atom. The molecule has 2 atom stereocenters. The number of fused-ring (bicyclic) bond motifs is 3. The van der Waals surface area contributed by atoms with Crippen LogP contribution in [0.15, 0.2) is 54.7 Å². The van der Waals surface area contributed by atoms with E-state index in [0.717, 1.165) is 22.3 Å². The van der Waals surface area contributed by atoms with Crippen LogP contribution in [0.3, 0.4) is 0 Å². The van der Waals surface area contributed by atoms with Gasteiger partial charge in [-0.05, 0) is 28.7 Å². The highest BCUT2D eigenvalue weighted by Crippen LogP contribution is 2.44. The summed E-state index contributed by atoms with van der Waals surface area (Å²) in [7, 11) is 0. The van der Waals surface area contributed by atoms with Gasteiger partial charge < -0.3 is 26.0 Å². The standard InChI is InChI=1S/C23H23ClN4O4/c24-22-20(27-11-19(25)28-22)21(30)18(29)9-10-26-23(31)32-12-17-15-7-3-1-5-13(15)14-6-2-4-8-16(14)17/h1-8,11,17-18,21,29-30H,9-10,12H2,(H2,25,28)(H,26,31). The van der Waals surface area contributed by atoms with Crippen LogP contribution in [0.2, 0.25) is 5.15 Å². The second-order valence-corrected chi connectivity index (χ2v) is 7.88. The first-order chi connectivity index (χ1) is 15.5. The van der Waals surface area contributed by atoms with E-state index in [4.69, 9.17) is 22.1 Å². The zero-order chi connectivity index (χ0) is 22.7. The molecule has 1 aromatic heterocycles. The fourth-order valence-corrected chi connectivity index (χ4v) is 4.16. The lowest BCUT2D eigenvalue weighted by atomic mass is 9.98. The van der Waals surface area contributed by atoms with Gasteiger partial charge in [-0.2, -0.15) is 0 Å². The molecular formula is C23H23ClN4O4. The van der Waals surface area contributed by atoms with Gasteiger partial charge in [0.05, 0.1) is 12.3 Å². The zero-order valence-corrected chi connectivity index (χ0v) is 17.9. The normalized spacial score (nSPS) is 14.3. The number of alkyl carbamates (subject to hydrolysis) is 1. The lowest BCUT2D eigenvalue weighted by Gasteiger charge is -2.18. The van der Waals surface area contributed by atoms with Gasteiger partial charge in [-0.1, -0.05) is 60.1 Å². The molecule has 1 aliphatic carbocycles. The summed E-state index contributed by atoms with van der Waals surface area (Å²) in [5.74, 6) is 0.0733. The van der Waals surface area contributed by atoms with Crippen molar-refractivity contribution < 1.29 is 19.7 Å². The summed E-state index contributed by atoms with van der Waals surface area (Å²) in [6.07, 6.45) is -1.86. The zero-order valence-electron chi connectivity index (χ0n) is 17.1. The summed E-state index contributed by atoms with van der Waals surface area (Å²) in [5.41, 5.74) is 10.1. The molecule has 0 saturated heterocycles. The van der Waals surface area contributed by atoms with Crippen LogP contribution in [0, 0.1) is 0 Å². The number of nitrogen functional groups attached to an aromatic ring is 1. The first kappa shape index (κ1) is 22.0. The first-order valence-corrected chi connectivity index (χ1v) is 10.6. The molecule has 1 amide bonds. The number of nitrogens with zero attached hydrogens (tertiary/aromatic N) is 2. The van der Waals surface area contributed by atoms with E-state index < -0.39 is 18.3 Å². The van der Waals surface area contributed by atoms with Gasteiger partial charge in [-0.15, -0.1) is 0 Å². The molecule has 1 aliphatic rings. The Labute approximate surface area is 190 Å². The molecule has 166 valence electrons. The number of aliphatic hydroxyl groups is 2. The first-order valence-electron chi connectivity index (χ1n) is 10.2. The number of benzene rings is 2. The van der Waals surface area contributed by atoms with Crippen molar-refractivity contribution in [3.05, 3.63) is 76.7 Å². The number of hydrogen-bond acceptors (Lipinski definition) is 7. The van der Waals surface area contributed by atoms with E-state index >= 15 is 0 Å². The van der Waals surface area contributed by atoms with E-state index in [1.807, 2.05) is 36.4 Å². The molecule has 0 fully saturated rings. The van der Waals surface area contributed by atoms with Crippen molar-refractivity contribution in [1.29, 1.82) is 0 Å². The van der Waals surface area contributed by atoms with Crippen molar-refractivity contribution >= 4 is 23.5 Å². The van der Waals surface area contributed by atoms with Crippen molar-refractivity contribution in [2.75, 3.05) is 18.9 Å². The van der Waals surface area contributed by atoms with Crippen molar-refractivity contribution in [2.45, 2.75) is 24.5 Å². The smallest absolute Gasteiger partial charge is 0.407 e. The molecule has 0 saturated carbocycles. The highest BCUT2D eigenvalue weighted by molar-refractivity contribution is 6.30. The third kappa shape index (κ3) is 4.52. The number of carbonyl (C=O) groups is 1. The summed E-state index contributed by atoms with van der Waals surface area (Å²) in [5, 5.41) is 22.9. The van der Waals surface area contributed by atoms with Gasteiger partial charge in [-0.3, -0.25) is 4.98 Å². The van der Waals surface area contributed by atoms with Crippen LogP contribution in [0.1, 0.15) is 35.3 Å². The third-order valence-corrected chi connectivity index (χ3v) is 5.75. The fraction of sp³-hybridized carbons (Fsp3) is 0.261. The number of aromatic nitrogens is 2. The molecule has 9 heteroatoms. The van der Waals surface area contributed by atoms with E-state index in [1.165, 1.54) is 6.20 Å². The highest BCUT2D eigenvalue weighted by atomic mass is 35.5. The van der Waals surface area contributed by atoms with Crippen LogP contribution >= 0.6 is 11.6 Å². The summed E-state index contributed by atoms with van der Waals surface area (Å²) < 4.78 is 5.45. The molecule has 5 N–H and O–H groups in total. The Kier molecular flexibility index (Phi) is 6.55. The largest absolute Gasteiger partial charge is 0.449 e. The Balaban J connectivity index is 1.29. The van der Waals surface area contributed by atoms with Gasteiger partial charge in [0.25, 0.3) is 0 Å². The molecule has 0 radical (unpaired) electrons. The Bertz CT molecular complexity index is 1080. The minimum absolute atomic E-state index is 0.0227. The number of aliphatic hydroxyl groups excluding tert-OH is 2. The van der Waals surface area contributed by atoms with E-state index in [-0.39, 0.29) is 42.2 Å². The highest BCUT2D eigenvalue weighted by Gasteiger charge is 2.29. The van der Waals surface area contributed by atoms with Crippen molar-refractivity contribution in [3.8, 4) is 11.1 Å². The van der Waals surface area contributed by atoms with Crippen LogP contribution in [0.4, 0.5) is 10.6 Å². The van der Waals surface area contributed by atoms with Crippen LogP contribution in [0.5, 0.6) is 0 Å². The van der Waals surface area contributed by atoms with Gasteiger partial charge in [0.1, 0.15) is 24.2 Å². The number of amides is 1. The molecule has 32 heavy (non-hydrogen) atoms. The van der Waals surface area contributed by atoms with Gasteiger partial charge in [-0.25, -0.2) is 9.78 Å². The molecule has 0 spiro atoms. The molecule has 1 heterocycles. The van der Waals surface area contributed by atoms with E-state index in [1.54, 1.807) is 0 Å². The molecular weight excluding hydrogens is 432 g/mol. The number of halogens is 1. The average molecular weight is 455 g/mol. The van der Waals surface area contributed by atoms with Crippen molar-refractivity contribution in [1.82, 2.24) is 15.3 Å². The maximum absolute atomic E-state index is 12.2. The van der Waals surface area contributed by atoms with Crippen LogP contribution < -0.4 is 11.1 Å². The molecule has 4 rings (SSSR count). The van der Waals surface area contributed by atoms with Crippen LogP contribution in [-0.4, -0.2) is 45.5 Å². The second kappa shape index (κ2) is 9.52. The predicted molar refractivity (Wildman–Crippen MR) is 120 cm³/mol. The Hall–Kier alpha value is -3.20. The SMILES string of the molecule is Nc1cnc(C(O)C(O)CCNC(=O)OCC2c3ccccc3-c3ccccc32)c(Cl)n1. The van der Waals surface area contributed by atoms with E-state index in [2.05, 4.69) is 27.4 Å². The minimum Gasteiger partial charge on any atom is -0.449 e. The Morgan fingerprint density at radius 1 is 1.12 bits per heavy atom. The Morgan fingerprint density at radius 3 is 2.38 bits per heavy atom. The molecule has 8 nitrogen and oxygen atoms in total. The van der Waals surface area contributed by atoms with Gasteiger partial charge >= 0.3 is 6.09 Å². The number of nitrogens with two attached hydrogens (primary N) is 1. The number of anilines is 1. The van der Waals surface area contributed by atoms with Crippen molar-refractivity contribution in [3.63, 3.8) is 0 Å². The topological polar surface area (TPSA) is 131 Å².